The van der Waals surface area contributed by atoms with Crippen LogP contribution in [-0.4, -0.2) is 20.9 Å². The van der Waals surface area contributed by atoms with Crippen molar-refractivity contribution >= 4 is 23.4 Å². The number of carboxylic acid groups (broad SMARTS) is 1. The van der Waals surface area contributed by atoms with Crippen molar-refractivity contribution in [2.45, 2.75) is 13.8 Å². The summed E-state index contributed by atoms with van der Waals surface area (Å²) < 4.78 is 1.77. The van der Waals surface area contributed by atoms with Crippen LogP contribution in [-0.2, 0) is 7.05 Å². The van der Waals surface area contributed by atoms with Gasteiger partial charge in [-0.1, -0.05) is 12.2 Å². The zero-order valence-corrected chi connectivity index (χ0v) is 11.3. The van der Waals surface area contributed by atoms with Gasteiger partial charge in [0.1, 0.15) is 4.88 Å². The lowest BCUT2D eigenvalue weighted by molar-refractivity contribution is 0.0702. The second-order valence-electron chi connectivity index (χ2n) is 3.96. The first kappa shape index (κ1) is 12.6. The molecule has 0 aliphatic heterocycles. The molecule has 2 aromatic heterocycles. The Balaban J connectivity index is 2.61. The molecule has 0 spiro atoms. The Bertz CT molecular complexity index is 623. The van der Waals surface area contributed by atoms with E-state index < -0.39 is 5.97 Å². The summed E-state index contributed by atoms with van der Waals surface area (Å²) in [5.41, 5.74) is 2.89. The molecule has 18 heavy (non-hydrogen) atoms. The van der Waals surface area contributed by atoms with E-state index >= 15 is 0 Å². The van der Waals surface area contributed by atoms with Crippen molar-refractivity contribution < 1.29 is 9.90 Å². The van der Waals surface area contributed by atoms with Crippen LogP contribution in [0.2, 0.25) is 0 Å². The Kier molecular flexibility index (Phi) is 3.34. The van der Waals surface area contributed by atoms with E-state index in [2.05, 4.69) is 5.10 Å². The highest BCUT2D eigenvalue weighted by atomic mass is 32.1. The minimum atomic E-state index is -0.885. The predicted octanol–water partition coefficient (Wildman–Crippen LogP) is 3.19. The van der Waals surface area contributed by atoms with E-state index in [0.29, 0.717) is 4.88 Å². The van der Waals surface area contributed by atoms with Crippen molar-refractivity contribution in [2.75, 3.05) is 0 Å². The fraction of sp³-hybridized carbons (Fsp3) is 0.231. The molecular weight excluding hydrogens is 248 g/mol. The summed E-state index contributed by atoms with van der Waals surface area (Å²) in [5, 5.41) is 13.3. The lowest BCUT2D eigenvalue weighted by atomic mass is 10.1. The van der Waals surface area contributed by atoms with Crippen LogP contribution in [0.3, 0.4) is 0 Å². The van der Waals surface area contributed by atoms with Gasteiger partial charge in [-0.05, 0) is 19.9 Å². The molecule has 0 fully saturated rings. The third-order valence-corrected chi connectivity index (χ3v) is 3.74. The molecule has 0 aliphatic carbocycles. The quantitative estimate of drug-likeness (QED) is 0.924. The molecule has 0 atom stereocenters. The summed E-state index contributed by atoms with van der Waals surface area (Å²) in [5.74, 6) is -0.885. The molecule has 0 radical (unpaired) electrons. The second-order valence-corrected chi connectivity index (χ2v) is 5.21. The molecule has 0 amide bonds. The summed E-state index contributed by atoms with van der Waals surface area (Å²) in [4.78, 5) is 12.3. The van der Waals surface area contributed by atoms with Crippen molar-refractivity contribution in [3.63, 3.8) is 0 Å². The number of aromatic carboxylic acids is 1. The van der Waals surface area contributed by atoms with E-state index in [1.807, 2.05) is 33.0 Å². The highest BCUT2D eigenvalue weighted by molar-refractivity contribution is 7.14. The molecule has 2 heterocycles. The zero-order chi connectivity index (χ0) is 13.3. The monoisotopic (exact) mass is 262 g/mol. The Hall–Kier alpha value is -1.88. The average molecular weight is 262 g/mol. The smallest absolute Gasteiger partial charge is 0.345 e. The van der Waals surface area contributed by atoms with Crippen molar-refractivity contribution in [3.8, 4) is 11.3 Å². The van der Waals surface area contributed by atoms with Gasteiger partial charge in [0.15, 0.2) is 0 Å². The van der Waals surface area contributed by atoms with Crippen LogP contribution in [0.4, 0.5) is 0 Å². The molecule has 0 saturated heterocycles. The number of nitrogens with zero attached hydrogens (tertiary/aromatic N) is 2. The minimum Gasteiger partial charge on any atom is -0.477 e. The van der Waals surface area contributed by atoms with E-state index in [-0.39, 0.29) is 0 Å². The topological polar surface area (TPSA) is 55.1 Å². The van der Waals surface area contributed by atoms with Crippen molar-refractivity contribution in [1.82, 2.24) is 9.78 Å². The predicted molar refractivity (Wildman–Crippen MR) is 72.9 cm³/mol. The highest BCUT2D eigenvalue weighted by Gasteiger charge is 2.17. The Morgan fingerprint density at radius 3 is 2.83 bits per heavy atom. The van der Waals surface area contributed by atoms with Crippen LogP contribution in [0, 0.1) is 6.92 Å². The molecule has 0 bridgehead atoms. The zero-order valence-electron chi connectivity index (χ0n) is 10.5. The number of hydrogen-bond donors (Lipinski definition) is 1. The SMILES string of the molecule is C/C=C/c1cnn(C)c1-c1cc(C(=O)O)sc1C. The fourth-order valence-corrected chi connectivity index (χ4v) is 2.77. The number of hydrogen-bond acceptors (Lipinski definition) is 3. The van der Waals surface area contributed by atoms with Crippen LogP contribution < -0.4 is 0 Å². The molecule has 1 N–H and O–H groups in total. The van der Waals surface area contributed by atoms with Gasteiger partial charge in [0.25, 0.3) is 0 Å². The van der Waals surface area contributed by atoms with Gasteiger partial charge in [0.2, 0.25) is 0 Å². The Morgan fingerprint density at radius 1 is 1.56 bits per heavy atom. The summed E-state index contributed by atoms with van der Waals surface area (Å²) in [7, 11) is 1.86. The van der Waals surface area contributed by atoms with Crippen molar-refractivity contribution in [2.24, 2.45) is 7.05 Å². The van der Waals surface area contributed by atoms with Gasteiger partial charge in [0, 0.05) is 23.1 Å². The highest BCUT2D eigenvalue weighted by Crippen LogP contribution is 2.33. The van der Waals surface area contributed by atoms with E-state index in [9.17, 15) is 4.79 Å². The molecule has 4 nitrogen and oxygen atoms in total. The molecule has 5 heteroatoms. The van der Waals surface area contributed by atoms with Crippen LogP contribution in [0.15, 0.2) is 18.3 Å². The number of carboxylic acids is 1. The van der Waals surface area contributed by atoms with Crippen molar-refractivity contribution in [1.29, 1.82) is 0 Å². The van der Waals surface area contributed by atoms with Gasteiger partial charge in [-0.25, -0.2) is 4.79 Å². The number of allylic oxidation sites excluding steroid dienone is 1. The number of aryl methyl sites for hydroxylation is 2. The van der Waals surface area contributed by atoms with E-state index in [1.54, 1.807) is 16.9 Å². The third kappa shape index (κ3) is 2.09. The normalized spacial score (nSPS) is 11.3. The first-order chi connectivity index (χ1) is 8.54. The van der Waals surface area contributed by atoms with Crippen LogP contribution in [0.1, 0.15) is 27.0 Å². The molecule has 0 aromatic carbocycles. The van der Waals surface area contributed by atoms with Gasteiger partial charge < -0.3 is 5.11 Å². The number of thiophene rings is 1. The summed E-state index contributed by atoms with van der Waals surface area (Å²) in [6, 6.07) is 1.71. The number of rotatable bonds is 3. The van der Waals surface area contributed by atoms with E-state index in [4.69, 9.17) is 5.11 Å². The maximum Gasteiger partial charge on any atom is 0.345 e. The van der Waals surface area contributed by atoms with Crippen LogP contribution in [0.5, 0.6) is 0 Å². The lowest BCUT2D eigenvalue weighted by Gasteiger charge is -2.02. The second kappa shape index (κ2) is 4.78. The van der Waals surface area contributed by atoms with Gasteiger partial charge in [-0.3, -0.25) is 4.68 Å². The van der Waals surface area contributed by atoms with Gasteiger partial charge in [0.05, 0.1) is 11.9 Å². The molecule has 94 valence electrons. The Morgan fingerprint density at radius 2 is 2.28 bits per heavy atom. The number of aromatic nitrogens is 2. The molecule has 0 unspecified atom stereocenters. The van der Waals surface area contributed by atoms with Crippen LogP contribution >= 0.6 is 11.3 Å². The first-order valence-corrected chi connectivity index (χ1v) is 6.35. The molecule has 0 saturated carbocycles. The van der Waals surface area contributed by atoms with E-state index in [1.165, 1.54) is 11.3 Å². The van der Waals surface area contributed by atoms with Gasteiger partial charge in [-0.15, -0.1) is 11.3 Å². The summed E-state index contributed by atoms with van der Waals surface area (Å²) in [6.07, 6.45) is 5.70. The van der Waals surface area contributed by atoms with Gasteiger partial charge in [-0.2, -0.15) is 5.10 Å². The van der Waals surface area contributed by atoms with Crippen LogP contribution in [0.25, 0.3) is 17.3 Å². The third-order valence-electron chi connectivity index (χ3n) is 2.70. The summed E-state index contributed by atoms with van der Waals surface area (Å²) in [6.45, 7) is 3.87. The largest absolute Gasteiger partial charge is 0.477 e. The van der Waals surface area contributed by atoms with E-state index in [0.717, 1.165) is 21.7 Å². The first-order valence-electron chi connectivity index (χ1n) is 5.53. The molecule has 2 aromatic rings. The standard InChI is InChI=1S/C13H14N2O2S/c1-4-5-9-7-14-15(3)12(9)10-6-11(13(16)17)18-8(10)2/h4-7H,1-3H3,(H,16,17)/b5-4+. The fourth-order valence-electron chi connectivity index (χ4n) is 1.91. The lowest BCUT2D eigenvalue weighted by Crippen LogP contribution is -1.95. The molecular formula is C13H14N2O2S. The molecule has 0 aliphatic rings. The Labute approximate surface area is 109 Å². The summed E-state index contributed by atoms with van der Waals surface area (Å²) >= 11 is 1.29. The van der Waals surface area contributed by atoms with Gasteiger partial charge >= 0.3 is 5.97 Å². The number of carbonyl (C=O) groups is 1. The average Bonchev–Trinajstić information content (AvgIpc) is 2.84. The molecule has 2 rings (SSSR count). The maximum absolute atomic E-state index is 11.0. The maximum atomic E-state index is 11.0. The minimum absolute atomic E-state index is 0.357. The van der Waals surface area contributed by atoms with Crippen molar-refractivity contribution in [3.05, 3.63) is 33.7 Å².